The van der Waals surface area contributed by atoms with Crippen LogP contribution in [0.1, 0.15) is 26.7 Å². The molecule has 14 heavy (non-hydrogen) atoms. The largest absolute Gasteiger partial charge is 0.396 e. The van der Waals surface area contributed by atoms with E-state index < -0.39 is 0 Å². The third-order valence-corrected chi connectivity index (χ3v) is 3.06. The zero-order valence-corrected chi connectivity index (χ0v) is 9.86. The van der Waals surface area contributed by atoms with Crippen LogP contribution in [0, 0.1) is 11.3 Å². The molecule has 0 saturated carbocycles. The van der Waals surface area contributed by atoms with Gasteiger partial charge in [0.25, 0.3) is 0 Å². The minimum absolute atomic E-state index is 0.243. The van der Waals surface area contributed by atoms with Gasteiger partial charge in [0.05, 0.1) is 12.7 Å². The van der Waals surface area contributed by atoms with Crippen molar-refractivity contribution in [3.05, 3.63) is 0 Å². The Kier molecular flexibility index (Phi) is 7.96. The van der Waals surface area contributed by atoms with Gasteiger partial charge in [0.2, 0.25) is 0 Å². The molecule has 0 heterocycles. The van der Waals surface area contributed by atoms with Crippen LogP contribution in [-0.2, 0) is 0 Å². The van der Waals surface area contributed by atoms with Gasteiger partial charge in [-0.05, 0) is 32.1 Å². The monoisotopic (exact) mass is 216 g/mol. The maximum atomic E-state index is 8.96. The summed E-state index contributed by atoms with van der Waals surface area (Å²) in [5, 5.41) is 20.7. The van der Waals surface area contributed by atoms with Crippen LogP contribution in [0.25, 0.3) is 0 Å². The van der Waals surface area contributed by atoms with Crippen molar-refractivity contribution in [2.45, 2.75) is 32.2 Å². The van der Waals surface area contributed by atoms with Crippen molar-refractivity contribution in [3.63, 3.8) is 0 Å². The summed E-state index contributed by atoms with van der Waals surface area (Å²) in [4.78, 5) is 0. The van der Waals surface area contributed by atoms with E-state index in [1.807, 2.05) is 13.8 Å². The number of nitriles is 1. The summed E-state index contributed by atoms with van der Waals surface area (Å²) in [6, 6.07) is 2.30. The van der Waals surface area contributed by atoms with Crippen LogP contribution in [0.5, 0.6) is 0 Å². The topological polar surface area (TPSA) is 56.0 Å². The first-order valence-corrected chi connectivity index (χ1v) is 6.19. The van der Waals surface area contributed by atoms with Gasteiger partial charge in [0.15, 0.2) is 0 Å². The maximum Gasteiger partial charge on any atom is 0.103 e. The molecular weight excluding hydrogens is 196 g/mol. The molecule has 0 aromatic rings. The number of aliphatic hydroxyl groups is 1. The Morgan fingerprint density at radius 3 is 2.71 bits per heavy atom. The van der Waals surface area contributed by atoms with Gasteiger partial charge in [-0.15, -0.1) is 0 Å². The molecule has 0 aliphatic heterocycles. The van der Waals surface area contributed by atoms with E-state index in [0.29, 0.717) is 0 Å². The van der Waals surface area contributed by atoms with E-state index >= 15 is 0 Å². The molecule has 3 nitrogen and oxygen atoms in total. The van der Waals surface area contributed by atoms with Crippen LogP contribution >= 0.6 is 11.8 Å². The van der Waals surface area contributed by atoms with Gasteiger partial charge in [-0.3, -0.25) is 5.32 Å². The highest BCUT2D eigenvalue weighted by Gasteiger charge is 2.20. The standard InChI is InChI=1S/C10H20N2OS/c1-3-12-10(2,9-11)5-4-7-14-8-6-13/h12-13H,3-8H2,1-2H3. The second kappa shape index (κ2) is 8.10. The van der Waals surface area contributed by atoms with Crippen LogP contribution in [0.2, 0.25) is 0 Å². The van der Waals surface area contributed by atoms with Gasteiger partial charge in [-0.1, -0.05) is 6.92 Å². The second-order valence-electron chi connectivity index (χ2n) is 3.41. The van der Waals surface area contributed by atoms with E-state index in [1.165, 1.54) is 0 Å². The summed E-state index contributed by atoms with van der Waals surface area (Å²) < 4.78 is 0. The van der Waals surface area contributed by atoms with Crippen LogP contribution in [0.4, 0.5) is 0 Å². The van der Waals surface area contributed by atoms with Gasteiger partial charge < -0.3 is 5.11 Å². The van der Waals surface area contributed by atoms with Crippen LogP contribution in [0.15, 0.2) is 0 Å². The average Bonchev–Trinajstić information content (AvgIpc) is 2.18. The predicted octanol–water partition coefficient (Wildman–Crippen LogP) is 1.38. The second-order valence-corrected chi connectivity index (χ2v) is 4.64. The van der Waals surface area contributed by atoms with E-state index in [4.69, 9.17) is 10.4 Å². The molecule has 1 atom stereocenters. The van der Waals surface area contributed by atoms with E-state index in [-0.39, 0.29) is 12.1 Å². The van der Waals surface area contributed by atoms with Crippen molar-refractivity contribution >= 4 is 11.8 Å². The molecule has 4 heteroatoms. The highest BCUT2D eigenvalue weighted by Crippen LogP contribution is 2.13. The summed E-state index contributed by atoms with van der Waals surface area (Å²) in [6.07, 6.45) is 1.89. The maximum absolute atomic E-state index is 8.96. The van der Waals surface area contributed by atoms with Crippen molar-refractivity contribution in [3.8, 4) is 6.07 Å². The van der Waals surface area contributed by atoms with Gasteiger partial charge in [0.1, 0.15) is 5.54 Å². The quantitative estimate of drug-likeness (QED) is 0.602. The lowest BCUT2D eigenvalue weighted by Crippen LogP contribution is -2.40. The fourth-order valence-electron chi connectivity index (χ4n) is 1.27. The molecule has 0 radical (unpaired) electrons. The lowest BCUT2D eigenvalue weighted by atomic mass is 9.98. The average molecular weight is 216 g/mol. The molecule has 0 aliphatic rings. The zero-order chi connectivity index (χ0) is 10.9. The highest BCUT2D eigenvalue weighted by atomic mass is 32.2. The first kappa shape index (κ1) is 13.8. The van der Waals surface area contributed by atoms with Crippen molar-refractivity contribution in [2.24, 2.45) is 0 Å². The SMILES string of the molecule is CCNC(C)(C#N)CCCSCCO. The first-order chi connectivity index (χ1) is 6.68. The third-order valence-electron chi connectivity index (χ3n) is 2.01. The Morgan fingerprint density at radius 1 is 1.50 bits per heavy atom. The van der Waals surface area contributed by atoms with Crippen LogP contribution in [0.3, 0.4) is 0 Å². The Balaban J connectivity index is 3.58. The summed E-state index contributed by atoms with van der Waals surface area (Å²) in [6.45, 7) is 5.02. The number of nitrogens with one attached hydrogen (secondary N) is 1. The normalized spacial score (nSPS) is 14.7. The van der Waals surface area contributed by atoms with Crippen molar-refractivity contribution in [1.82, 2.24) is 5.32 Å². The molecule has 0 saturated heterocycles. The molecule has 0 bridgehead atoms. The van der Waals surface area contributed by atoms with Gasteiger partial charge >= 0.3 is 0 Å². The molecule has 0 rings (SSSR count). The fraction of sp³-hybridized carbons (Fsp3) is 0.900. The molecule has 82 valence electrons. The van der Waals surface area contributed by atoms with Crippen molar-refractivity contribution < 1.29 is 5.11 Å². The highest BCUT2D eigenvalue weighted by molar-refractivity contribution is 7.99. The van der Waals surface area contributed by atoms with E-state index in [9.17, 15) is 0 Å². The van der Waals surface area contributed by atoms with Gasteiger partial charge in [-0.25, -0.2) is 0 Å². The lowest BCUT2D eigenvalue weighted by molar-refractivity contribution is 0.322. The number of aliphatic hydroxyl groups excluding tert-OH is 1. The number of thioether (sulfide) groups is 1. The Bertz CT molecular complexity index is 181. The molecule has 0 spiro atoms. The van der Waals surface area contributed by atoms with E-state index in [1.54, 1.807) is 11.8 Å². The smallest absolute Gasteiger partial charge is 0.103 e. The number of nitrogens with zero attached hydrogens (tertiary/aromatic N) is 1. The molecule has 1 unspecified atom stereocenters. The Morgan fingerprint density at radius 2 is 2.21 bits per heavy atom. The summed E-state index contributed by atoms with van der Waals surface area (Å²) in [5.74, 6) is 1.81. The minimum Gasteiger partial charge on any atom is -0.396 e. The Labute approximate surface area is 90.9 Å². The molecular formula is C10H20N2OS. The van der Waals surface area contributed by atoms with Gasteiger partial charge in [0, 0.05) is 5.75 Å². The fourth-order valence-corrected chi connectivity index (χ4v) is 1.95. The number of rotatable bonds is 8. The Hall–Kier alpha value is -0.240. The summed E-state index contributed by atoms with van der Waals surface area (Å²) >= 11 is 1.74. The lowest BCUT2D eigenvalue weighted by Gasteiger charge is -2.22. The predicted molar refractivity (Wildman–Crippen MR) is 61.3 cm³/mol. The van der Waals surface area contributed by atoms with Crippen molar-refractivity contribution in [2.75, 3.05) is 24.7 Å². The molecule has 0 fully saturated rings. The molecule has 2 N–H and O–H groups in total. The molecule has 0 aliphatic carbocycles. The van der Waals surface area contributed by atoms with Crippen molar-refractivity contribution in [1.29, 1.82) is 5.26 Å². The zero-order valence-electron chi connectivity index (χ0n) is 9.05. The van der Waals surface area contributed by atoms with E-state index in [2.05, 4.69) is 11.4 Å². The van der Waals surface area contributed by atoms with Crippen LogP contribution < -0.4 is 5.32 Å². The summed E-state index contributed by atoms with van der Waals surface area (Å²) in [5.41, 5.74) is -0.380. The number of hydrogen-bond donors (Lipinski definition) is 2. The first-order valence-electron chi connectivity index (χ1n) is 5.03. The van der Waals surface area contributed by atoms with Gasteiger partial charge in [-0.2, -0.15) is 17.0 Å². The third kappa shape index (κ3) is 6.25. The molecule has 0 aromatic carbocycles. The number of hydrogen-bond acceptors (Lipinski definition) is 4. The molecule has 0 amide bonds. The summed E-state index contributed by atoms with van der Waals surface area (Å²) in [7, 11) is 0. The van der Waals surface area contributed by atoms with Crippen LogP contribution in [-0.4, -0.2) is 35.3 Å². The molecule has 0 aromatic heterocycles. The minimum atomic E-state index is -0.380. The van der Waals surface area contributed by atoms with E-state index in [0.717, 1.165) is 30.9 Å².